The minimum Gasteiger partial charge on any atom is -0.372 e. The van der Waals surface area contributed by atoms with Crippen molar-refractivity contribution in [2.75, 3.05) is 18.0 Å². The maximum Gasteiger partial charge on any atom is 0.184 e. The van der Waals surface area contributed by atoms with Crippen molar-refractivity contribution in [1.82, 2.24) is 0 Å². The van der Waals surface area contributed by atoms with E-state index in [9.17, 15) is 8.42 Å². The molecule has 0 bridgehead atoms. The Bertz CT molecular complexity index is 878. The van der Waals surface area contributed by atoms with Crippen LogP contribution in [0.4, 0.5) is 11.4 Å². The van der Waals surface area contributed by atoms with Gasteiger partial charge in [-0.1, -0.05) is 29.8 Å². The summed E-state index contributed by atoms with van der Waals surface area (Å²) in [5.41, 5.74) is 8.89. The summed E-state index contributed by atoms with van der Waals surface area (Å²) < 4.78 is 25.9. The molecule has 0 spiro atoms. The summed E-state index contributed by atoms with van der Waals surface area (Å²) in [6, 6.07) is 12.0. The molecular weight excluding hydrogens is 358 g/mol. The maximum atomic E-state index is 12.9. The Hall–Kier alpha value is -1.92. The van der Waals surface area contributed by atoms with E-state index in [1.165, 1.54) is 6.42 Å². The number of halogens is 1. The molecule has 0 saturated carbocycles. The third-order valence-corrected chi connectivity index (χ3v) is 6.48. The molecule has 25 heavy (non-hydrogen) atoms. The van der Waals surface area contributed by atoms with Gasteiger partial charge >= 0.3 is 0 Å². The van der Waals surface area contributed by atoms with E-state index < -0.39 is 9.84 Å². The summed E-state index contributed by atoms with van der Waals surface area (Å²) in [6.07, 6.45) is 3.41. The maximum absolute atomic E-state index is 12.9. The molecule has 132 valence electrons. The van der Waals surface area contributed by atoms with E-state index in [1.54, 1.807) is 36.4 Å². The van der Waals surface area contributed by atoms with Crippen molar-refractivity contribution in [3.63, 3.8) is 0 Å². The normalized spacial score (nSPS) is 15.2. The average Bonchev–Trinajstić information content (AvgIpc) is 2.64. The van der Waals surface area contributed by atoms with Crippen molar-refractivity contribution >= 4 is 32.8 Å². The summed E-state index contributed by atoms with van der Waals surface area (Å²) in [4.78, 5) is 2.27. The third-order valence-electron chi connectivity index (χ3n) is 4.42. The molecule has 0 atom stereocenters. The van der Waals surface area contributed by atoms with E-state index in [-0.39, 0.29) is 16.3 Å². The van der Waals surface area contributed by atoms with Crippen molar-refractivity contribution in [3.8, 4) is 0 Å². The van der Waals surface area contributed by atoms with Gasteiger partial charge in [-0.15, -0.1) is 0 Å². The van der Waals surface area contributed by atoms with Crippen molar-refractivity contribution in [1.29, 1.82) is 5.53 Å². The lowest BCUT2D eigenvalue weighted by Gasteiger charge is -2.29. The van der Waals surface area contributed by atoms with Gasteiger partial charge in [0.25, 0.3) is 0 Å². The van der Waals surface area contributed by atoms with Crippen LogP contribution in [0.5, 0.6) is 0 Å². The molecule has 5 nitrogen and oxygen atoms in total. The van der Waals surface area contributed by atoms with Crippen LogP contribution >= 0.6 is 11.6 Å². The number of hydrogen-bond donors (Lipinski definition) is 1. The van der Waals surface area contributed by atoms with Gasteiger partial charge in [-0.05, 0) is 49.1 Å². The van der Waals surface area contributed by atoms with Gasteiger partial charge in [-0.25, -0.2) is 13.9 Å². The minimum atomic E-state index is -3.66. The van der Waals surface area contributed by atoms with Gasteiger partial charge in [0.1, 0.15) is 5.69 Å². The van der Waals surface area contributed by atoms with Crippen molar-refractivity contribution in [2.24, 2.45) is 5.11 Å². The van der Waals surface area contributed by atoms with E-state index in [4.69, 9.17) is 17.1 Å². The molecule has 0 aromatic heterocycles. The molecule has 1 aliphatic rings. The SMILES string of the molecule is N=Nc1ccc(N2CCCCC2)cc1S(=O)(=O)Cc1ccccc1Cl. The fourth-order valence-electron chi connectivity index (χ4n) is 3.09. The van der Waals surface area contributed by atoms with Crippen molar-refractivity contribution in [2.45, 2.75) is 29.9 Å². The molecule has 1 saturated heterocycles. The van der Waals surface area contributed by atoms with Crippen LogP contribution in [0.15, 0.2) is 52.5 Å². The lowest BCUT2D eigenvalue weighted by Crippen LogP contribution is -2.29. The first kappa shape index (κ1) is 17.9. The zero-order valence-corrected chi connectivity index (χ0v) is 15.4. The lowest BCUT2D eigenvalue weighted by atomic mass is 10.1. The van der Waals surface area contributed by atoms with Gasteiger partial charge in [-0.3, -0.25) is 0 Å². The van der Waals surface area contributed by atoms with Gasteiger partial charge < -0.3 is 4.90 Å². The number of piperidine rings is 1. The van der Waals surface area contributed by atoms with Crippen LogP contribution in [-0.4, -0.2) is 21.5 Å². The summed E-state index contributed by atoms with van der Waals surface area (Å²) in [7, 11) is -3.66. The zero-order chi connectivity index (χ0) is 17.9. The van der Waals surface area contributed by atoms with Gasteiger partial charge in [-0.2, -0.15) is 5.11 Å². The molecule has 7 heteroatoms. The second kappa shape index (κ2) is 7.54. The van der Waals surface area contributed by atoms with Gasteiger partial charge in [0.05, 0.1) is 10.6 Å². The van der Waals surface area contributed by atoms with Crippen molar-refractivity contribution in [3.05, 3.63) is 53.1 Å². The topological polar surface area (TPSA) is 73.6 Å². The van der Waals surface area contributed by atoms with Crippen LogP contribution < -0.4 is 4.90 Å². The van der Waals surface area contributed by atoms with Crippen LogP contribution in [0.1, 0.15) is 24.8 Å². The molecule has 1 aliphatic heterocycles. The molecule has 2 aromatic rings. The number of anilines is 1. The predicted octanol–water partition coefficient (Wildman–Crippen LogP) is 4.97. The minimum absolute atomic E-state index is 0.0884. The molecular formula is C18H20ClN3O2S. The van der Waals surface area contributed by atoms with Crippen LogP contribution in [0.2, 0.25) is 5.02 Å². The van der Waals surface area contributed by atoms with E-state index in [1.807, 2.05) is 6.07 Å². The van der Waals surface area contributed by atoms with E-state index in [0.717, 1.165) is 31.6 Å². The molecule has 3 rings (SSSR count). The second-order valence-electron chi connectivity index (χ2n) is 6.16. The van der Waals surface area contributed by atoms with Crippen LogP contribution in [0.3, 0.4) is 0 Å². The van der Waals surface area contributed by atoms with E-state index >= 15 is 0 Å². The molecule has 0 amide bonds. The summed E-state index contributed by atoms with van der Waals surface area (Å²) in [5.74, 6) is -0.210. The smallest absolute Gasteiger partial charge is 0.184 e. The first-order valence-corrected chi connectivity index (χ1v) is 10.3. The Morgan fingerprint density at radius 2 is 1.80 bits per heavy atom. The van der Waals surface area contributed by atoms with E-state index in [0.29, 0.717) is 10.6 Å². The number of hydrogen-bond acceptors (Lipinski definition) is 5. The van der Waals surface area contributed by atoms with E-state index in [2.05, 4.69) is 10.0 Å². The molecule has 0 unspecified atom stereocenters. The zero-order valence-electron chi connectivity index (χ0n) is 13.8. The quantitative estimate of drug-likeness (QED) is 0.748. The largest absolute Gasteiger partial charge is 0.372 e. The Kier molecular flexibility index (Phi) is 5.39. The van der Waals surface area contributed by atoms with Crippen LogP contribution in [0.25, 0.3) is 0 Å². The fourth-order valence-corrected chi connectivity index (χ4v) is 4.92. The molecule has 1 heterocycles. The molecule has 0 radical (unpaired) electrons. The Balaban J connectivity index is 1.98. The lowest BCUT2D eigenvalue weighted by molar-refractivity contribution is 0.577. The number of nitrogens with zero attached hydrogens (tertiary/aromatic N) is 2. The Labute approximate surface area is 153 Å². The molecule has 1 N–H and O–H groups in total. The molecule has 2 aromatic carbocycles. The standard InChI is InChI=1S/C18H20ClN3O2S/c19-16-7-3-2-6-14(16)13-25(23,24)18-12-15(8-9-17(18)21-20)22-10-4-1-5-11-22/h2-3,6-9,12,20H,1,4-5,10-11,13H2. The predicted molar refractivity (Wildman–Crippen MR) is 99.7 cm³/mol. The van der Waals surface area contributed by atoms with Gasteiger partial charge in [0.2, 0.25) is 0 Å². The number of sulfone groups is 1. The fraction of sp³-hybridized carbons (Fsp3) is 0.333. The Morgan fingerprint density at radius 3 is 2.48 bits per heavy atom. The summed E-state index contributed by atoms with van der Waals surface area (Å²) >= 11 is 6.11. The molecule has 1 fully saturated rings. The number of benzene rings is 2. The average molecular weight is 378 g/mol. The number of nitrogens with one attached hydrogen (secondary N) is 1. The highest BCUT2D eigenvalue weighted by molar-refractivity contribution is 7.90. The van der Waals surface area contributed by atoms with Crippen LogP contribution in [0, 0.1) is 5.53 Å². The molecule has 0 aliphatic carbocycles. The number of rotatable bonds is 5. The third kappa shape index (κ3) is 4.02. The summed E-state index contributed by atoms with van der Waals surface area (Å²) in [6.45, 7) is 1.84. The highest BCUT2D eigenvalue weighted by atomic mass is 35.5. The Morgan fingerprint density at radius 1 is 1.08 bits per heavy atom. The monoisotopic (exact) mass is 377 g/mol. The van der Waals surface area contributed by atoms with Gasteiger partial charge in [0, 0.05) is 23.8 Å². The highest BCUT2D eigenvalue weighted by Gasteiger charge is 2.23. The highest BCUT2D eigenvalue weighted by Crippen LogP contribution is 2.33. The van der Waals surface area contributed by atoms with Gasteiger partial charge in [0.15, 0.2) is 9.84 Å². The van der Waals surface area contributed by atoms with Crippen molar-refractivity contribution < 1.29 is 8.42 Å². The first-order chi connectivity index (χ1) is 12.0. The van der Waals surface area contributed by atoms with Crippen LogP contribution in [-0.2, 0) is 15.6 Å². The second-order valence-corrected chi connectivity index (χ2v) is 8.53. The first-order valence-electron chi connectivity index (χ1n) is 8.24. The summed E-state index contributed by atoms with van der Waals surface area (Å²) in [5, 5.41) is 3.83.